The summed E-state index contributed by atoms with van der Waals surface area (Å²) in [7, 11) is 0. The van der Waals surface area contributed by atoms with Gasteiger partial charge in [-0.3, -0.25) is 4.79 Å². The molecule has 0 bridgehead atoms. The molecule has 1 aliphatic carbocycles. The van der Waals surface area contributed by atoms with Gasteiger partial charge in [-0.1, -0.05) is 29.8 Å². The molecule has 0 aliphatic heterocycles. The minimum Gasteiger partial charge on any atom is -0.396 e. The van der Waals surface area contributed by atoms with E-state index in [-0.39, 0.29) is 12.5 Å². The summed E-state index contributed by atoms with van der Waals surface area (Å²) in [6.45, 7) is 5.32. The van der Waals surface area contributed by atoms with Crippen LogP contribution in [0, 0.1) is 25.7 Å². The summed E-state index contributed by atoms with van der Waals surface area (Å²) in [5, 5.41) is 25.2. The Hall–Kier alpha value is -3.13. The van der Waals surface area contributed by atoms with Crippen molar-refractivity contribution in [2.75, 3.05) is 6.61 Å². The van der Waals surface area contributed by atoms with Crippen LogP contribution in [0.3, 0.4) is 0 Å². The van der Waals surface area contributed by atoms with Crippen LogP contribution in [0.4, 0.5) is 0 Å². The van der Waals surface area contributed by atoms with Crippen LogP contribution in [0.2, 0.25) is 0 Å². The van der Waals surface area contributed by atoms with Gasteiger partial charge in [-0.2, -0.15) is 4.80 Å². The molecule has 3 aromatic rings. The first kappa shape index (κ1) is 22.1. The number of nitrogens with zero attached hydrogens (tertiary/aromatic N) is 5. The van der Waals surface area contributed by atoms with E-state index in [2.05, 4.69) is 25.7 Å². The lowest BCUT2D eigenvalue weighted by Gasteiger charge is -2.26. The summed E-state index contributed by atoms with van der Waals surface area (Å²) in [5.41, 5.74) is 3.99. The SMILES string of the molecule is Cc1cccc(CNC(=O)c2cc(-c3nnn(CC4CCC(CO)CC4)n3)cc(C)n2)c1. The molecule has 8 heteroatoms. The van der Waals surface area contributed by atoms with Crippen molar-refractivity contribution in [3.05, 3.63) is 58.9 Å². The zero-order valence-electron chi connectivity index (χ0n) is 18.7. The molecule has 0 unspecified atom stereocenters. The van der Waals surface area contributed by atoms with E-state index in [1.807, 2.05) is 44.2 Å². The van der Waals surface area contributed by atoms with Crippen LogP contribution in [0.1, 0.15) is 53.0 Å². The Balaban J connectivity index is 1.42. The van der Waals surface area contributed by atoms with Gasteiger partial charge in [-0.05, 0) is 74.3 Å². The number of hydrogen-bond acceptors (Lipinski definition) is 6. The van der Waals surface area contributed by atoms with E-state index in [0.717, 1.165) is 54.6 Å². The summed E-state index contributed by atoms with van der Waals surface area (Å²) in [4.78, 5) is 18.7. The van der Waals surface area contributed by atoms with Crippen LogP contribution in [0.25, 0.3) is 11.4 Å². The van der Waals surface area contributed by atoms with Crippen molar-refractivity contribution in [2.24, 2.45) is 11.8 Å². The fraction of sp³-hybridized carbons (Fsp3) is 0.458. The fourth-order valence-electron chi connectivity index (χ4n) is 4.27. The van der Waals surface area contributed by atoms with Crippen molar-refractivity contribution < 1.29 is 9.90 Å². The van der Waals surface area contributed by atoms with Crippen molar-refractivity contribution in [3.63, 3.8) is 0 Å². The first-order valence-corrected chi connectivity index (χ1v) is 11.2. The number of carbonyl (C=O) groups excluding carboxylic acids is 1. The molecular formula is C24H30N6O2. The molecule has 1 aromatic carbocycles. The number of aryl methyl sites for hydroxylation is 2. The predicted octanol–water partition coefficient (Wildman–Crippen LogP) is 3.08. The van der Waals surface area contributed by atoms with Crippen LogP contribution in [-0.2, 0) is 13.1 Å². The summed E-state index contributed by atoms with van der Waals surface area (Å²) in [6.07, 6.45) is 4.24. The van der Waals surface area contributed by atoms with Crippen molar-refractivity contribution in [1.82, 2.24) is 30.5 Å². The molecule has 2 N–H and O–H groups in total. The molecule has 0 saturated heterocycles. The van der Waals surface area contributed by atoms with Crippen molar-refractivity contribution >= 4 is 5.91 Å². The average molecular weight is 435 g/mol. The van der Waals surface area contributed by atoms with E-state index in [0.29, 0.717) is 29.9 Å². The summed E-state index contributed by atoms with van der Waals surface area (Å²) >= 11 is 0. The van der Waals surface area contributed by atoms with Crippen molar-refractivity contribution in [2.45, 2.75) is 52.6 Å². The summed E-state index contributed by atoms with van der Waals surface area (Å²) in [6, 6.07) is 11.6. The molecule has 8 nitrogen and oxygen atoms in total. The standard InChI is InChI=1S/C24H30N6O2/c1-16-4-3-5-20(10-16)13-25-24(32)22-12-21(11-17(2)26-22)23-27-29-30(28-23)14-18-6-8-19(15-31)9-7-18/h3-5,10-12,18-19,31H,6-9,13-15H2,1-2H3,(H,25,32). The Morgan fingerprint density at radius 2 is 1.91 bits per heavy atom. The van der Waals surface area contributed by atoms with E-state index in [1.54, 1.807) is 10.9 Å². The molecule has 1 aliphatic rings. The number of amides is 1. The molecule has 0 atom stereocenters. The van der Waals surface area contributed by atoms with Crippen LogP contribution in [-0.4, -0.2) is 42.8 Å². The molecule has 0 radical (unpaired) electrons. The third-order valence-electron chi connectivity index (χ3n) is 6.08. The lowest BCUT2D eigenvalue weighted by atomic mass is 9.82. The molecule has 1 fully saturated rings. The highest BCUT2D eigenvalue weighted by Gasteiger charge is 2.22. The Morgan fingerprint density at radius 3 is 2.66 bits per heavy atom. The van der Waals surface area contributed by atoms with E-state index in [9.17, 15) is 9.90 Å². The molecule has 32 heavy (non-hydrogen) atoms. The highest BCUT2D eigenvalue weighted by atomic mass is 16.3. The Labute approximate surface area is 188 Å². The second kappa shape index (κ2) is 9.99. The van der Waals surface area contributed by atoms with Gasteiger partial charge in [0.15, 0.2) is 0 Å². The number of carbonyl (C=O) groups is 1. The van der Waals surface area contributed by atoms with Gasteiger partial charge in [-0.25, -0.2) is 4.98 Å². The number of aliphatic hydroxyl groups is 1. The Morgan fingerprint density at radius 1 is 1.12 bits per heavy atom. The van der Waals surface area contributed by atoms with Crippen molar-refractivity contribution in [1.29, 1.82) is 0 Å². The molecule has 2 heterocycles. The smallest absolute Gasteiger partial charge is 0.270 e. The first-order valence-electron chi connectivity index (χ1n) is 11.2. The molecule has 1 amide bonds. The number of rotatable bonds is 7. The second-order valence-electron chi connectivity index (χ2n) is 8.79. The maximum atomic E-state index is 12.7. The maximum absolute atomic E-state index is 12.7. The number of aromatic nitrogens is 5. The summed E-state index contributed by atoms with van der Waals surface area (Å²) < 4.78 is 0. The van der Waals surface area contributed by atoms with Gasteiger partial charge in [-0.15, -0.1) is 10.2 Å². The van der Waals surface area contributed by atoms with Gasteiger partial charge < -0.3 is 10.4 Å². The molecule has 0 spiro atoms. The number of benzene rings is 1. The molecular weight excluding hydrogens is 404 g/mol. The number of nitrogens with one attached hydrogen (secondary N) is 1. The highest BCUT2D eigenvalue weighted by molar-refractivity contribution is 5.93. The number of hydrogen-bond donors (Lipinski definition) is 2. The lowest BCUT2D eigenvalue weighted by Crippen LogP contribution is -2.24. The minimum atomic E-state index is -0.232. The van der Waals surface area contributed by atoms with Crippen LogP contribution >= 0.6 is 0 Å². The Kier molecular flexibility index (Phi) is 6.90. The fourth-order valence-corrected chi connectivity index (χ4v) is 4.27. The van der Waals surface area contributed by atoms with Gasteiger partial charge in [0, 0.05) is 24.4 Å². The molecule has 2 aromatic heterocycles. The highest BCUT2D eigenvalue weighted by Crippen LogP contribution is 2.29. The van der Waals surface area contributed by atoms with Crippen LogP contribution < -0.4 is 5.32 Å². The van der Waals surface area contributed by atoms with E-state index >= 15 is 0 Å². The van der Waals surface area contributed by atoms with Crippen molar-refractivity contribution in [3.8, 4) is 11.4 Å². The van der Waals surface area contributed by atoms with Crippen LogP contribution in [0.15, 0.2) is 36.4 Å². The largest absolute Gasteiger partial charge is 0.396 e. The quantitative estimate of drug-likeness (QED) is 0.592. The number of pyridine rings is 1. The second-order valence-corrected chi connectivity index (χ2v) is 8.79. The third-order valence-corrected chi connectivity index (χ3v) is 6.08. The number of tetrazole rings is 1. The number of aliphatic hydroxyl groups excluding tert-OH is 1. The van der Waals surface area contributed by atoms with Crippen LogP contribution in [0.5, 0.6) is 0 Å². The lowest BCUT2D eigenvalue weighted by molar-refractivity contribution is 0.0945. The van der Waals surface area contributed by atoms with Gasteiger partial charge >= 0.3 is 0 Å². The molecule has 1 saturated carbocycles. The minimum absolute atomic E-state index is 0.232. The van der Waals surface area contributed by atoms with Gasteiger partial charge in [0.1, 0.15) is 5.69 Å². The maximum Gasteiger partial charge on any atom is 0.270 e. The topological polar surface area (TPSA) is 106 Å². The zero-order chi connectivity index (χ0) is 22.5. The molecule has 4 rings (SSSR count). The monoisotopic (exact) mass is 434 g/mol. The average Bonchev–Trinajstić information content (AvgIpc) is 3.26. The predicted molar refractivity (Wildman–Crippen MR) is 121 cm³/mol. The summed E-state index contributed by atoms with van der Waals surface area (Å²) in [5.74, 6) is 1.19. The van der Waals surface area contributed by atoms with E-state index in [4.69, 9.17) is 0 Å². The van der Waals surface area contributed by atoms with Gasteiger partial charge in [0.05, 0.1) is 6.54 Å². The molecule has 168 valence electrons. The van der Waals surface area contributed by atoms with E-state index < -0.39 is 0 Å². The van der Waals surface area contributed by atoms with Gasteiger partial charge in [0.25, 0.3) is 5.91 Å². The van der Waals surface area contributed by atoms with Gasteiger partial charge in [0.2, 0.25) is 5.82 Å². The third kappa shape index (κ3) is 5.56. The van der Waals surface area contributed by atoms with E-state index in [1.165, 1.54) is 0 Å². The zero-order valence-corrected chi connectivity index (χ0v) is 18.7. The first-order chi connectivity index (χ1) is 15.5. The Bertz CT molecular complexity index is 1070. The normalized spacial score (nSPS) is 18.5.